The summed E-state index contributed by atoms with van der Waals surface area (Å²) in [7, 11) is 0. The van der Waals surface area contributed by atoms with Crippen molar-refractivity contribution in [1.82, 2.24) is 4.98 Å². The molecule has 16 heavy (non-hydrogen) atoms. The lowest BCUT2D eigenvalue weighted by atomic mass is 10.1. The molecule has 0 bridgehead atoms. The van der Waals surface area contributed by atoms with Crippen molar-refractivity contribution in [2.24, 2.45) is 0 Å². The number of nitrogens with one attached hydrogen (secondary N) is 1. The van der Waals surface area contributed by atoms with Crippen LogP contribution < -0.4 is 5.43 Å². The molecule has 0 radical (unpaired) electrons. The standard InChI is InChI=1S/C10H5BrFNO3/c11-7-2-4(12)1-5-8(7)13-3-6(9(5)14)10(15)16/h1-3H,(H,13,14)(H,15,16). The van der Waals surface area contributed by atoms with Crippen LogP contribution in [-0.2, 0) is 0 Å². The minimum atomic E-state index is -1.34. The van der Waals surface area contributed by atoms with Crippen molar-refractivity contribution in [3.63, 3.8) is 0 Å². The van der Waals surface area contributed by atoms with E-state index in [1.54, 1.807) is 0 Å². The number of aromatic nitrogens is 1. The van der Waals surface area contributed by atoms with Crippen LogP contribution in [0.1, 0.15) is 10.4 Å². The molecule has 1 aromatic heterocycles. The maximum Gasteiger partial charge on any atom is 0.341 e. The Balaban J connectivity index is 2.95. The summed E-state index contributed by atoms with van der Waals surface area (Å²) >= 11 is 3.09. The van der Waals surface area contributed by atoms with Crippen LogP contribution in [0.2, 0.25) is 0 Å². The quantitative estimate of drug-likeness (QED) is 0.843. The van der Waals surface area contributed by atoms with E-state index in [1.165, 1.54) is 6.07 Å². The van der Waals surface area contributed by atoms with Crippen molar-refractivity contribution < 1.29 is 14.3 Å². The number of aromatic amines is 1. The van der Waals surface area contributed by atoms with Gasteiger partial charge in [0, 0.05) is 10.7 Å². The summed E-state index contributed by atoms with van der Waals surface area (Å²) in [5.41, 5.74) is -0.747. The molecule has 0 saturated carbocycles. The van der Waals surface area contributed by atoms with Crippen LogP contribution >= 0.6 is 15.9 Å². The maximum absolute atomic E-state index is 13.1. The third-order valence-corrected chi connectivity index (χ3v) is 2.76. The zero-order valence-electron chi connectivity index (χ0n) is 7.75. The van der Waals surface area contributed by atoms with Crippen LogP contribution in [0, 0.1) is 5.82 Å². The van der Waals surface area contributed by atoms with E-state index >= 15 is 0 Å². The first-order valence-corrected chi connectivity index (χ1v) is 5.03. The Morgan fingerprint density at radius 3 is 2.75 bits per heavy atom. The minimum absolute atomic E-state index is 0.00627. The molecule has 0 unspecified atom stereocenters. The van der Waals surface area contributed by atoms with Gasteiger partial charge in [0.05, 0.1) is 10.9 Å². The van der Waals surface area contributed by atoms with Gasteiger partial charge >= 0.3 is 5.97 Å². The second-order valence-electron chi connectivity index (χ2n) is 3.15. The Morgan fingerprint density at radius 1 is 1.44 bits per heavy atom. The molecule has 2 rings (SSSR count). The van der Waals surface area contributed by atoms with Crippen LogP contribution in [0.5, 0.6) is 0 Å². The SMILES string of the molecule is O=C(O)c1c[nH]c2c(Br)cc(F)cc2c1=O. The zero-order chi connectivity index (χ0) is 11.9. The topological polar surface area (TPSA) is 70.2 Å². The van der Waals surface area contributed by atoms with Gasteiger partial charge in [0.2, 0.25) is 5.43 Å². The van der Waals surface area contributed by atoms with Gasteiger partial charge in [0.1, 0.15) is 11.4 Å². The van der Waals surface area contributed by atoms with Gasteiger partial charge in [-0.1, -0.05) is 0 Å². The summed E-state index contributed by atoms with van der Waals surface area (Å²) in [5, 5.41) is 8.74. The molecule has 0 amide bonds. The second-order valence-corrected chi connectivity index (χ2v) is 4.00. The van der Waals surface area contributed by atoms with Crippen LogP contribution in [-0.4, -0.2) is 16.1 Å². The van der Waals surface area contributed by atoms with Crippen molar-refractivity contribution in [2.75, 3.05) is 0 Å². The van der Waals surface area contributed by atoms with E-state index in [-0.39, 0.29) is 5.39 Å². The highest BCUT2D eigenvalue weighted by atomic mass is 79.9. The fourth-order valence-electron chi connectivity index (χ4n) is 1.41. The molecule has 0 aliphatic rings. The van der Waals surface area contributed by atoms with Crippen molar-refractivity contribution in [3.8, 4) is 0 Å². The van der Waals surface area contributed by atoms with Gasteiger partial charge in [0.15, 0.2) is 0 Å². The van der Waals surface area contributed by atoms with Crippen LogP contribution in [0.15, 0.2) is 27.6 Å². The van der Waals surface area contributed by atoms with Crippen molar-refractivity contribution in [1.29, 1.82) is 0 Å². The van der Waals surface area contributed by atoms with E-state index in [0.717, 1.165) is 12.3 Å². The molecule has 1 aromatic carbocycles. The highest BCUT2D eigenvalue weighted by Gasteiger charge is 2.13. The summed E-state index contributed by atoms with van der Waals surface area (Å²) < 4.78 is 13.5. The fourth-order valence-corrected chi connectivity index (χ4v) is 1.96. The lowest BCUT2D eigenvalue weighted by Crippen LogP contribution is -2.15. The van der Waals surface area contributed by atoms with E-state index in [9.17, 15) is 14.0 Å². The van der Waals surface area contributed by atoms with Gasteiger partial charge in [-0.3, -0.25) is 4.79 Å². The van der Waals surface area contributed by atoms with Gasteiger partial charge in [-0.25, -0.2) is 9.18 Å². The number of hydrogen-bond acceptors (Lipinski definition) is 2. The third kappa shape index (κ3) is 1.61. The Labute approximate surface area is 96.8 Å². The molecule has 0 aliphatic heterocycles. The molecule has 0 atom stereocenters. The number of aromatic carboxylic acids is 1. The molecule has 4 nitrogen and oxygen atoms in total. The summed E-state index contributed by atoms with van der Waals surface area (Å²) in [5.74, 6) is -1.95. The predicted octanol–water partition coefficient (Wildman–Crippen LogP) is 2.13. The number of fused-ring (bicyclic) bond motifs is 1. The van der Waals surface area contributed by atoms with E-state index in [0.29, 0.717) is 9.99 Å². The molecular formula is C10H5BrFNO3. The van der Waals surface area contributed by atoms with Gasteiger partial charge in [-0.2, -0.15) is 0 Å². The number of halogens is 2. The monoisotopic (exact) mass is 285 g/mol. The van der Waals surface area contributed by atoms with Gasteiger partial charge in [-0.15, -0.1) is 0 Å². The molecule has 6 heteroatoms. The largest absolute Gasteiger partial charge is 0.477 e. The smallest absolute Gasteiger partial charge is 0.341 e. The fraction of sp³-hybridized carbons (Fsp3) is 0. The Hall–Kier alpha value is -1.69. The van der Waals surface area contributed by atoms with E-state index < -0.39 is 22.8 Å². The molecule has 0 spiro atoms. The average molecular weight is 286 g/mol. The van der Waals surface area contributed by atoms with Gasteiger partial charge < -0.3 is 10.1 Å². The lowest BCUT2D eigenvalue weighted by Gasteiger charge is -2.02. The molecule has 0 aliphatic carbocycles. The van der Waals surface area contributed by atoms with Crippen LogP contribution in [0.4, 0.5) is 4.39 Å². The van der Waals surface area contributed by atoms with E-state index in [1.807, 2.05) is 0 Å². The number of carboxylic acids is 1. The van der Waals surface area contributed by atoms with Gasteiger partial charge in [-0.05, 0) is 28.1 Å². The molecule has 2 N–H and O–H groups in total. The molecule has 1 heterocycles. The van der Waals surface area contributed by atoms with Crippen molar-refractivity contribution in [2.45, 2.75) is 0 Å². The predicted molar refractivity (Wildman–Crippen MR) is 59.2 cm³/mol. The minimum Gasteiger partial charge on any atom is -0.477 e. The van der Waals surface area contributed by atoms with E-state index in [4.69, 9.17) is 5.11 Å². The summed E-state index contributed by atoms with van der Waals surface area (Å²) in [6.45, 7) is 0. The molecule has 2 aromatic rings. The number of pyridine rings is 1. The average Bonchev–Trinajstić information content (AvgIpc) is 2.19. The third-order valence-electron chi connectivity index (χ3n) is 2.14. The number of benzene rings is 1. The molecule has 0 fully saturated rings. The first-order valence-electron chi connectivity index (χ1n) is 4.24. The number of hydrogen-bond donors (Lipinski definition) is 2. The second kappa shape index (κ2) is 3.71. The van der Waals surface area contributed by atoms with E-state index in [2.05, 4.69) is 20.9 Å². The maximum atomic E-state index is 13.1. The van der Waals surface area contributed by atoms with Crippen LogP contribution in [0.25, 0.3) is 10.9 Å². The first-order chi connectivity index (χ1) is 7.50. The molecule has 82 valence electrons. The first kappa shape index (κ1) is 10.8. The Kier molecular flexibility index (Phi) is 2.51. The highest BCUT2D eigenvalue weighted by Crippen LogP contribution is 2.21. The van der Waals surface area contributed by atoms with Crippen LogP contribution in [0.3, 0.4) is 0 Å². The molecule has 0 saturated heterocycles. The zero-order valence-corrected chi connectivity index (χ0v) is 9.34. The van der Waals surface area contributed by atoms with Crippen molar-refractivity contribution >= 4 is 32.8 Å². The summed E-state index contributed by atoms with van der Waals surface area (Å²) in [6.07, 6.45) is 1.09. The molecular weight excluding hydrogens is 281 g/mol. The van der Waals surface area contributed by atoms with Crippen molar-refractivity contribution in [3.05, 3.63) is 44.4 Å². The number of carbonyl (C=O) groups is 1. The lowest BCUT2D eigenvalue weighted by molar-refractivity contribution is 0.0695. The normalized spacial score (nSPS) is 10.6. The Morgan fingerprint density at radius 2 is 2.12 bits per heavy atom. The number of carboxylic acid groups (broad SMARTS) is 1. The highest BCUT2D eigenvalue weighted by molar-refractivity contribution is 9.10. The van der Waals surface area contributed by atoms with Gasteiger partial charge in [0.25, 0.3) is 0 Å². The number of H-pyrrole nitrogens is 1. The summed E-state index contributed by atoms with van der Waals surface area (Å²) in [4.78, 5) is 25.0. The Bertz CT molecular complexity index is 650. The summed E-state index contributed by atoms with van der Waals surface area (Å²) in [6, 6.07) is 2.20. The number of rotatable bonds is 1.